The molecule has 122 valence electrons. The minimum absolute atomic E-state index is 0.00259. The summed E-state index contributed by atoms with van der Waals surface area (Å²) in [6.07, 6.45) is 1.86. The number of thioether (sulfide) groups is 1. The molecule has 0 saturated carbocycles. The zero-order valence-corrected chi connectivity index (χ0v) is 13.7. The van der Waals surface area contributed by atoms with Gasteiger partial charge in [-0.3, -0.25) is 4.79 Å². The van der Waals surface area contributed by atoms with Gasteiger partial charge in [0.15, 0.2) is 5.16 Å². The first-order valence-electron chi connectivity index (χ1n) is 7.32. The monoisotopic (exact) mass is 332 g/mol. The third-order valence-electron chi connectivity index (χ3n) is 3.10. The number of amides is 1. The largest absolute Gasteiger partial charge is 0.368 e. The number of carbonyl (C=O) groups is 1. The second-order valence-corrected chi connectivity index (χ2v) is 5.89. The van der Waals surface area contributed by atoms with Crippen molar-refractivity contribution >= 4 is 29.6 Å². The molecule has 1 heterocycles. The van der Waals surface area contributed by atoms with Crippen molar-refractivity contribution < 1.29 is 4.79 Å². The van der Waals surface area contributed by atoms with E-state index in [4.69, 9.17) is 11.5 Å². The zero-order valence-electron chi connectivity index (χ0n) is 12.9. The van der Waals surface area contributed by atoms with Crippen LogP contribution in [0.1, 0.15) is 31.4 Å². The molecule has 2 aromatic rings. The van der Waals surface area contributed by atoms with Crippen LogP contribution in [0.5, 0.6) is 0 Å². The molecule has 0 fully saturated rings. The maximum absolute atomic E-state index is 12.2. The van der Waals surface area contributed by atoms with Crippen molar-refractivity contribution in [1.82, 2.24) is 20.3 Å². The Balaban J connectivity index is 1.94. The molecule has 0 spiro atoms. The van der Waals surface area contributed by atoms with Crippen molar-refractivity contribution in [2.75, 3.05) is 17.2 Å². The maximum Gasteiger partial charge on any atom is 0.230 e. The Morgan fingerprint density at radius 1 is 1.17 bits per heavy atom. The maximum atomic E-state index is 12.2. The summed E-state index contributed by atoms with van der Waals surface area (Å²) in [4.78, 5) is 23.7. The number of carbonyl (C=O) groups excluding carboxylic acids is 1. The van der Waals surface area contributed by atoms with Gasteiger partial charge in [0.25, 0.3) is 0 Å². The number of hydrogen-bond donors (Lipinski definition) is 3. The van der Waals surface area contributed by atoms with Crippen LogP contribution in [-0.4, -0.2) is 26.6 Å². The molecule has 23 heavy (non-hydrogen) atoms. The number of nitrogens with zero attached hydrogens (tertiary/aromatic N) is 3. The van der Waals surface area contributed by atoms with E-state index in [-0.39, 0.29) is 29.6 Å². The lowest BCUT2D eigenvalue weighted by Gasteiger charge is -2.18. The van der Waals surface area contributed by atoms with E-state index in [1.54, 1.807) is 0 Å². The van der Waals surface area contributed by atoms with E-state index in [1.165, 1.54) is 11.8 Å². The first-order chi connectivity index (χ1) is 11.1. The van der Waals surface area contributed by atoms with Crippen LogP contribution in [0.2, 0.25) is 0 Å². The normalized spacial score (nSPS) is 11.9. The molecule has 2 rings (SSSR count). The number of nitrogens with one attached hydrogen (secondary N) is 1. The topological polar surface area (TPSA) is 120 Å². The summed E-state index contributed by atoms with van der Waals surface area (Å²) < 4.78 is 0. The third kappa shape index (κ3) is 5.41. The van der Waals surface area contributed by atoms with Crippen molar-refractivity contribution in [3.05, 3.63) is 35.9 Å². The smallest absolute Gasteiger partial charge is 0.230 e. The molecule has 5 N–H and O–H groups in total. The Hall–Kier alpha value is -2.35. The highest BCUT2D eigenvalue weighted by molar-refractivity contribution is 7.99. The summed E-state index contributed by atoms with van der Waals surface area (Å²) in [6, 6.07) is 9.93. The van der Waals surface area contributed by atoms with Gasteiger partial charge in [0.1, 0.15) is 0 Å². The molecule has 0 unspecified atom stereocenters. The quantitative estimate of drug-likeness (QED) is 0.661. The summed E-state index contributed by atoms with van der Waals surface area (Å²) in [5.74, 6) is 0.201. The highest BCUT2D eigenvalue weighted by Gasteiger charge is 2.14. The zero-order chi connectivity index (χ0) is 16.7. The predicted molar refractivity (Wildman–Crippen MR) is 91.6 cm³/mol. The average Bonchev–Trinajstić information content (AvgIpc) is 2.52. The lowest BCUT2D eigenvalue weighted by atomic mass is 10.0. The van der Waals surface area contributed by atoms with Crippen molar-refractivity contribution in [1.29, 1.82) is 0 Å². The second-order valence-electron chi connectivity index (χ2n) is 4.94. The van der Waals surface area contributed by atoms with Gasteiger partial charge in [-0.1, -0.05) is 55.4 Å². The Bertz CT molecular complexity index is 631. The van der Waals surface area contributed by atoms with Gasteiger partial charge in [0.2, 0.25) is 17.8 Å². The third-order valence-corrected chi connectivity index (χ3v) is 3.94. The molecule has 1 aromatic carbocycles. The molecule has 8 heteroatoms. The van der Waals surface area contributed by atoms with Gasteiger partial charge in [-0.15, -0.1) is 0 Å². The van der Waals surface area contributed by atoms with Crippen LogP contribution in [0.4, 0.5) is 11.9 Å². The molecule has 0 aliphatic rings. The Morgan fingerprint density at radius 2 is 1.83 bits per heavy atom. The first kappa shape index (κ1) is 17.0. The molecule has 0 bridgehead atoms. The van der Waals surface area contributed by atoms with E-state index < -0.39 is 0 Å². The number of nitrogen functional groups attached to an aromatic ring is 2. The number of aromatic nitrogens is 3. The van der Waals surface area contributed by atoms with Gasteiger partial charge in [-0.05, 0) is 12.0 Å². The van der Waals surface area contributed by atoms with Crippen LogP contribution in [0.3, 0.4) is 0 Å². The van der Waals surface area contributed by atoms with Crippen LogP contribution in [0.15, 0.2) is 35.5 Å². The first-order valence-corrected chi connectivity index (χ1v) is 8.31. The second kappa shape index (κ2) is 8.33. The van der Waals surface area contributed by atoms with Gasteiger partial charge in [-0.2, -0.15) is 15.0 Å². The van der Waals surface area contributed by atoms with Crippen LogP contribution < -0.4 is 16.8 Å². The Morgan fingerprint density at radius 3 is 2.43 bits per heavy atom. The summed E-state index contributed by atoms with van der Waals surface area (Å²) >= 11 is 1.18. The lowest BCUT2D eigenvalue weighted by molar-refractivity contribution is -0.119. The molecule has 1 amide bonds. The molecule has 0 saturated heterocycles. The van der Waals surface area contributed by atoms with E-state index in [0.717, 1.165) is 18.4 Å². The Labute approximate surface area is 139 Å². The fourth-order valence-electron chi connectivity index (χ4n) is 2.12. The van der Waals surface area contributed by atoms with E-state index in [1.807, 2.05) is 30.3 Å². The predicted octanol–water partition coefficient (Wildman–Crippen LogP) is 1.79. The molecule has 0 radical (unpaired) electrons. The minimum Gasteiger partial charge on any atom is -0.368 e. The van der Waals surface area contributed by atoms with E-state index in [0.29, 0.717) is 5.16 Å². The molecular weight excluding hydrogens is 312 g/mol. The van der Waals surface area contributed by atoms with E-state index in [2.05, 4.69) is 27.2 Å². The number of anilines is 2. The molecule has 0 aliphatic heterocycles. The van der Waals surface area contributed by atoms with Crippen LogP contribution in [0.25, 0.3) is 0 Å². The average molecular weight is 332 g/mol. The van der Waals surface area contributed by atoms with E-state index >= 15 is 0 Å². The van der Waals surface area contributed by atoms with Gasteiger partial charge < -0.3 is 16.8 Å². The van der Waals surface area contributed by atoms with Crippen LogP contribution in [-0.2, 0) is 4.79 Å². The highest BCUT2D eigenvalue weighted by Crippen LogP contribution is 2.19. The molecule has 1 atom stereocenters. The summed E-state index contributed by atoms with van der Waals surface area (Å²) in [5.41, 5.74) is 12.1. The lowest BCUT2D eigenvalue weighted by Crippen LogP contribution is -2.30. The van der Waals surface area contributed by atoms with Gasteiger partial charge >= 0.3 is 0 Å². The summed E-state index contributed by atoms with van der Waals surface area (Å²) in [5, 5.41) is 3.38. The number of benzene rings is 1. The minimum atomic E-state index is -0.0881. The number of rotatable bonds is 7. The van der Waals surface area contributed by atoms with Crippen molar-refractivity contribution in [3.63, 3.8) is 0 Å². The van der Waals surface area contributed by atoms with Gasteiger partial charge in [0, 0.05) is 0 Å². The van der Waals surface area contributed by atoms with Crippen LogP contribution in [0, 0.1) is 0 Å². The van der Waals surface area contributed by atoms with Crippen molar-refractivity contribution in [2.24, 2.45) is 0 Å². The summed E-state index contributed by atoms with van der Waals surface area (Å²) in [6.45, 7) is 2.09. The molecule has 1 aromatic heterocycles. The van der Waals surface area contributed by atoms with Gasteiger partial charge in [0.05, 0.1) is 11.8 Å². The molecule has 7 nitrogen and oxygen atoms in total. The van der Waals surface area contributed by atoms with Gasteiger partial charge in [-0.25, -0.2) is 0 Å². The number of nitrogens with two attached hydrogens (primary N) is 2. The molecular formula is C15H20N6OS. The molecule has 0 aliphatic carbocycles. The van der Waals surface area contributed by atoms with E-state index in [9.17, 15) is 4.79 Å². The number of hydrogen-bond acceptors (Lipinski definition) is 7. The SMILES string of the molecule is CCC[C@H](NC(=O)CSc1nc(N)nc(N)n1)c1ccccc1. The highest BCUT2D eigenvalue weighted by atomic mass is 32.2. The standard InChI is InChI=1S/C15H20N6OS/c1-2-6-11(10-7-4-3-5-8-10)18-12(22)9-23-15-20-13(16)19-14(17)21-15/h3-5,7-8,11H,2,6,9H2,1H3,(H,18,22)(H4,16,17,19,20,21)/t11-/m0/s1. The Kier molecular flexibility index (Phi) is 6.16. The van der Waals surface area contributed by atoms with Crippen molar-refractivity contribution in [2.45, 2.75) is 31.0 Å². The fraction of sp³-hybridized carbons (Fsp3) is 0.333. The van der Waals surface area contributed by atoms with Crippen LogP contribution >= 0.6 is 11.8 Å². The fourth-order valence-corrected chi connectivity index (χ4v) is 2.77. The van der Waals surface area contributed by atoms with Crippen molar-refractivity contribution in [3.8, 4) is 0 Å². The summed E-state index contributed by atoms with van der Waals surface area (Å²) in [7, 11) is 0.